The van der Waals surface area contributed by atoms with Crippen molar-refractivity contribution in [1.29, 1.82) is 0 Å². The summed E-state index contributed by atoms with van der Waals surface area (Å²) in [6.07, 6.45) is 0.653. The maximum absolute atomic E-state index is 13.0. The molecule has 0 atom stereocenters. The molecule has 0 aliphatic carbocycles. The van der Waals surface area contributed by atoms with Crippen molar-refractivity contribution in [2.75, 3.05) is 45.2 Å². The van der Waals surface area contributed by atoms with Crippen molar-refractivity contribution in [2.24, 2.45) is 0 Å². The highest BCUT2D eigenvalue weighted by Crippen LogP contribution is 2.36. The molecular weight excluding hydrogens is 481 g/mol. The number of carbonyl (C=O) groups is 1. The zero-order valence-corrected chi connectivity index (χ0v) is 21.9. The maximum atomic E-state index is 13.0. The summed E-state index contributed by atoms with van der Waals surface area (Å²) >= 11 is 0. The Morgan fingerprint density at radius 2 is 1.86 bits per heavy atom. The van der Waals surface area contributed by atoms with Crippen LogP contribution in [0.4, 0.5) is 19.0 Å². The number of ether oxygens (including phenoxy) is 1. The molecule has 0 radical (unpaired) electrons. The number of nitrogens with zero attached hydrogens (tertiary/aromatic N) is 4. The van der Waals surface area contributed by atoms with Crippen LogP contribution in [0, 0.1) is 6.92 Å². The zero-order chi connectivity index (χ0) is 26.9. The Labute approximate surface area is 215 Å². The van der Waals surface area contributed by atoms with Gasteiger partial charge in [0.15, 0.2) is 0 Å². The van der Waals surface area contributed by atoms with Gasteiger partial charge in [-0.2, -0.15) is 13.2 Å². The van der Waals surface area contributed by atoms with Crippen molar-refractivity contribution in [3.8, 4) is 11.1 Å². The molecule has 3 aromatic rings. The molecule has 9 heteroatoms. The third-order valence-electron chi connectivity index (χ3n) is 6.97. The molecule has 0 aromatic carbocycles. The lowest BCUT2D eigenvalue weighted by Crippen LogP contribution is -2.38. The van der Waals surface area contributed by atoms with Crippen LogP contribution in [-0.4, -0.2) is 66.8 Å². The van der Waals surface area contributed by atoms with E-state index in [1.807, 2.05) is 63.3 Å². The summed E-state index contributed by atoms with van der Waals surface area (Å²) in [4.78, 5) is 20.8. The van der Waals surface area contributed by atoms with Crippen LogP contribution < -0.4 is 4.90 Å². The van der Waals surface area contributed by atoms with Gasteiger partial charge >= 0.3 is 12.1 Å². The van der Waals surface area contributed by atoms with Crippen LogP contribution in [0.3, 0.4) is 0 Å². The second kappa shape index (κ2) is 10.6. The fourth-order valence-corrected chi connectivity index (χ4v) is 5.07. The average molecular weight is 515 g/mol. The number of alkyl halides is 3. The number of halogens is 3. The number of esters is 1. The number of piperidine rings is 1. The van der Waals surface area contributed by atoms with E-state index < -0.39 is 18.7 Å². The van der Waals surface area contributed by atoms with E-state index >= 15 is 0 Å². The van der Waals surface area contributed by atoms with E-state index in [0.29, 0.717) is 31.5 Å². The Morgan fingerprint density at radius 1 is 1.16 bits per heavy atom. The summed E-state index contributed by atoms with van der Waals surface area (Å²) in [5, 5.41) is 0. The van der Waals surface area contributed by atoms with E-state index in [1.165, 1.54) is 4.90 Å². The van der Waals surface area contributed by atoms with Crippen molar-refractivity contribution in [3.05, 3.63) is 59.1 Å². The normalized spacial score (nSPS) is 14.8. The van der Waals surface area contributed by atoms with E-state index in [-0.39, 0.29) is 6.61 Å². The van der Waals surface area contributed by atoms with Gasteiger partial charge < -0.3 is 14.0 Å². The molecule has 1 aliphatic rings. The predicted molar refractivity (Wildman–Crippen MR) is 140 cm³/mol. The van der Waals surface area contributed by atoms with Crippen LogP contribution in [0.15, 0.2) is 42.2 Å². The van der Waals surface area contributed by atoms with Gasteiger partial charge in [-0.3, -0.25) is 4.90 Å². The monoisotopic (exact) mass is 514 g/mol. The maximum Gasteiger partial charge on any atom is 0.401 e. The molecule has 0 N–H and O–H groups in total. The first-order valence-corrected chi connectivity index (χ1v) is 12.4. The fraction of sp³-hybridized carbons (Fsp3) is 0.429. The molecule has 1 saturated heterocycles. The van der Waals surface area contributed by atoms with Crippen molar-refractivity contribution < 1.29 is 22.7 Å². The number of aromatic nitrogens is 2. The Balaban J connectivity index is 1.84. The number of allylic oxidation sites excluding steroid dienone is 1. The molecule has 4 heterocycles. The number of hydrogen-bond acceptors (Lipinski definition) is 5. The molecule has 198 valence electrons. The third-order valence-corrected chi connectivity index (χ3v) is 6.97. The molecule has 0 amide bonds. The molecule has 3 aromatic heterocycles. The first-order chi connectivity index (χ1) is 17.5. The minimum absolute atomic E-state index is 0.262. The SMILES string of the molecule is CCOC(=O)c1cc2c(-c3ccnc(N(C)C)c3)ccn2c(C(C)=C2CCN(CC(F)(F)F)CC2)c1C. The van der Waals surface area contributed by atoms with E-state index in [2.05, 4.69) is 9.38 Å². The molecule has 0 spiro atoms. The van der Waals surface area contributed by atoms with Gasteiger partial charge in [0.05, 0.1) is 29.9 Å². The first kappa shape index (κ1) is 26.7. The molecule has 0 unspecified atom stereocenters. The van der Waals surface area contributed by atoms with Crippen molar-refractivity contribution in [3.63, 3.8) is 0 Å². The number of hydrogen-bond donors (Lipinski definition) is 0. The van der Waals surface area contributed by atoms with Gasteiger partial charge in [-0.15, -0.1) is 0 Å². The van der Waals surface area contributed by atoms with E-state index in [9.17, 15) is 18.0 Å². The quantitative estimate of drug-likeness (QED) is 0.379. The molecule has 1 fully saturated rings. The highest BCUT2D eigenvalue weighted by Gasteiger charge is 2.32. The molecule has 37 heavy (non-hydrogen) atoms. The van der Waals surface area contributed by atoms with E-state index in [4.69, 9.17) is 4.74 Å². The Morgan fingerprint density at radius 3 is 2.49 bits per heavy atom. The predicted octanol–water partition coefficient (Wildman–Crippen LogP) is 5.98. The van der Waals surface area contributed by atoms with Gasteiger partial charge in [0.1, 0.15) is 5.82 Å². The molecule has 0 bridgehead atoms. The summed E-state index contributed by atoms with van der Waals surface area (Å²) in [5.41, 5.74) is 7.04. The Kier molecular flexibility index (Phi) is 7.64. The zero-order valence-electron chi connectivity index (χ0n) is 21.9. The number of fused-ring (bicyclic) bond motifs is 1. The van der Waals surface area contributed by atoms with Crippen molar-refractivity contribution in [2.45, 2.75) is 39.8 Å². The fourth-order valence-electron chi connectivity index (χ4n) is 5.07. The number of pyridine rings is 2. The number of anilines is 1. The number of carbonyl (C=O) groups excluding carboxylic acids is 1. The second-order valence-electron chi connectivity index (χ2n) is 9.65. The number of rotatable bonds is 6. The molecule has 6 nitrogen and oxygen atoms in total. The smallest absolute Gasteiger partial charge is 0.401 e. The van der Waals surface area contributed by atoms with Gasteiger partial charge in [0.2, 0.25) is 0 Å². The van der Waals surface area contributed by atoms with Gasteiger partial charge in [0, 0.05) is 45.1 Å². The summed E-state index contributed by atoms with van der Waals surface area (Å²) in [5.74, 6) is 0.427. The highest BCUT2D eigenvalue weighted by molar-refractivity contribution is 5.96. The Bertz CT molecular complexity index is 1330. The largest absolute Gasteiger partial charge is 0.462 e. The van der Waals surface area contributed by atoms with Crippen LogP contribution in [0.2, 0.25) is 0 Å². The molecule has 1 aliphatic heterocycles. The summed E-state index contributed by atoms with van der Waals surface area (Å²) < 4.78 is 46.1. The van der Waals surface area contributed by atoms with Crippen LogP contribution in [-0.2, 0) is 4.74 Å². The van der Waals surface area contributed by atoms with Crippen LogP contribution in [0.5, 0.6) is 0 Å². The lowest BCUT2D eigenvalue weighted by Gasteiger charge is -2.30. The van der Waals surface area contributed by atoms with Crippen molar-refractivity contribution >= 4 is 22.9 Å². The van der Waals surface area contributed by atoms with Crippen molar-refractivity contribution in [1.82, 2.24) is 14.3 Å². The lowest BCUT2D eigenvalue weighted by atomic mass is 9.93. The van der Waals surface area contributed by atoms with E-state index in [1.54, 1.807) is 13.1 Å². The Hall–Kier alpha value is -3.33. The first-order valence-electron chi connectivity index (χ1n) is 12.4. The topological polar surface area (TPSA) is 50.1 Å². The summed E-state index contributed by atoms with van der Waals surface area (Å²) in [6, 6.07) is 7.83. The van der Waals surface area contributed by atoms with Gasteiger partial charge in [-0.1, -0.05) is 5.57 Å². The molecule has 0 saturated carbocycles. The summed E-state index contributed by atoms with van der Waals surface area (Å²) in [7, 11) is 3.86. The van der Waals surface area contributed by atoms with E-state index in [0.717, 1.165) is 44.9 Å². The van der Waals surface area contributed by atoms with Crippen LogP contribution in [0.1, 0.15) is 48.3 Å². The second-order valence-corrected chi connectivity index (χ2v) is 9.65. The minimum Gasteiger partial charge on any atom is -0.462 e. The lowest BCUT2D eigenvalue weighted by molar-refractivity contribution is -0.146. The standard InChI is InChI=1S/C28H33F3N4O2/c1-6-37-27(36)23-16-24-22(21-7-11-32-25(15-21)33(4)5)10-14-35(24)26(19(23)3)18(2)20-8-12-34(13-9-20)17-28(29,30)31/h7,10-11,14-16H,6,8-9,12-13,17H2,1-5H3. The minimum atomic E-state index is -4.20. The van der Waals surface area contributed by atoms with Crippen LogP contribution >= 0.6 is 0 Å². The summed E-state index contributed by atoms with van der Waals surface area (Å²) in [6.45, 7) is 5.76. The molecule has 4 rings (SSSR count). The average Bonchev–Trinajstić information content (AvgIpc) is 3.26. The van der Waals surface area contributed by atoms with Gasteiger partial charge in [0.25, 0.3) is 0 Å². The highest BCUT2D eigenvalue weighted by atomic mass is 19.4. The van der Waals surface area contributed by atoms with Gasteiger partial charge in [-0.05, 0) is 74.6 Å². The van der Waals surface area contributed by atoms with Gasteiger partial charge in [-0.25, -0.2) is 9.78 Å². The number of likely N-dealkylation sites (tertiary alicyclic amines) is 1. The third kappa shape index (κ3) is 5.66. The molecular formula is C28H33F3N4O2. The van der Waals surface area contributed by atoms with Crippen LogP contribution in [0.25, 0.3) is 22.2 Å².